The zero-order valence-electron chi connectivity index (χ0n) is 9.26. The molecule has 0 unspecified atom stereocenters. The van der Waals surface area contributed by atoms with Gasteiger partial charge in [0.2, 0.25) is 0 Å². The molecule has 2 aliphatic rings. The van der Waals surface area contributed by atoms with Gasteiger partial charge in [-0.05, 0) is 18.1 Å². The molecule has 2 aromatic rings. The normalized spacial score (nSPS) is 16.0. The number of anilines is 1. The summed E-state index contributed by atoms with van der Waals surface area (Å²) in [4.78, 5) is 2.20. The van der Waals surface area contributed by atoms with Crippen LogP contribution in [0.5, 0.6) is 0 Å². The van der Waals surface area contributed by atoms with Crippen molar-refractivity contribution < 1.29 is 4.42 Å². The molecule has 0 bridgehead atoms. The van der Waals surface area contributed by atoms with Crippen molar-refractivity contribution in [3.8, 4) is 0 Å². The Morgan fingerprint density at radius 1 is 1.12 bits per heavy atom. The molecule has 0 spiro atoms. The highest BCUT2D eigenvalue weighted by Gasteiger charge is 2.24. The molecule has 2 nitrogen and oxygen atoms in total. The van der Waals surface area contributed by atoms with Gasteiger partial charge in [-0.25, -0.2) is 0 Å². The van der Waals surface area contributed by atoms with Gasteiger partial charge in [-0.2, -0.15) is 0 Å². The maximum Gasteiger partial charge on any atom is 0.115 e. The largest absolute Gasteiger partial charge is 0.470 e. The van der Waals surface area contributed by atoms with Gasteiger partial charge in [0.15, 0.2) is 0 Å². The average molecular weight is 221 g/mol. The van der Waals surface area contributed by atoms with E-state index in [-0.39, 0.29) is 0 Å². The first-order valence-corrected chi connectivity index (χ1v) is 5.75. The molecule has 82 valence electrons. The van der Waals surface area contributed by atoms with Crippen LogP contribution in [0.2, 0.25) is 0 Å². The highest BCUT2D eigenvalue weighted by molar-refractivity contribution is 5.91. The number of allylic oxidation sites excluding steroid dienone is 1. The summed E-state index contributed by atoms with van der Waals surface area (Å²) in [5.74, 6) is 0. The maximum absolute atomic E-state index is 5.30. The van der Waals surface area contributed by atoms with Gasteiger partial charge in [0.25, 0.3) is 0 Å². The molecule has 17 heavy (non-hydrogen) atoms. The van der Waals surface area contributed by atoms with E-state index in [2.05, 4.69) is 47.5 Å². The van der Waals surface area contributed by atoms with Gasteiger partial charge in [0, 0.05) is 23.0 Å². The van der Waals surface area contributed by atoms with E-state index in [4.69, 9.17) is 4.42 Å². The van der Waals surface area contributed by atoms with Crippen LogP contribution in [0.3, 0.4) is 0 Å². The minimum absolute atomic E-state index is 0.944. The summed E-state index contributed by atoms with van der Waals surface area (Å²) in [7, 11) is 0. The van der Waals surface area contributed by atoms with Gasteiger partial charge in [-0.1, -0.05) is 30.3 Å². The predicted octanol–water partition coefficient (Wildman–Crippen LogP) is 3.67. The Bertz CT molecular complexity index is 648. The molecule has 0 amide bonds. The molecule has 0 saturated heterocycles. The van der Waals surface area contributed by atoms with Gasteiger partial charge < -0.3 is 9.32 Å². The van der Waals surface area contributed by atoms with Crippen molar-refractivity contribution in [2.24, 2.45) is 0 Å². The standard InChI is InChI=1S/C15H11NO/c1-2-4-13-11(3-1)7-8-16-14(13)6-5-12-9-17-10-15(12)16/h1-4,6-10H,5H2. The summed E-state index contributed by atoms with van der Waals surface area (Å²) < 4.78 is 5.30. The molecule has 0 saturated carbocycles. The van der Waals surface area contributed by atoms with Crippen molar-refractivity contribution in [2.75, 3.05) is 4.90 Å². The fourth-order valence-corrected chi connectivity index (χ4v) is 2.55. The number of hydrogen-bond acceptors (Lipinski definition) is 2. The summed E-state index contributed by atoms with van der Waals surface area (Å²) in [6, 6.07) is 8.48. The first kappa shape index (κ1) is 8.88. The van der Waals surface area contributed by atoms with Crippen LogP contribution in [0, 0.1) is 0 Å². The molecule has 0 radical (unpaired) electrons. The van der Waals surface area contributed by atoms with Gasteiger partial charge >= 0.3 is 0 Å². The molecule has 0 fully saturated rings. The Hall–Kier alpha value is -2.22. The van der Waals surface area contributed by atoms with E-state index >= 15 is 0 Å². The molecule has 0 N–H and O–H groups in total. The first-order chi connectivity index (χ1) is 8.43. The second-order valence-electron chi connectivity index (χ2n) is 4.35. The van der Waals surface area contributed by atoms with Crippen LogP contribution in [-0.4, -0.2) is 0 Å². The zero-order valence-corrected chi connectivity index (χ0v) is 9.26. The van der Waals surface area contributed by atoms with Gasteiger partial charge in [0.1, 0.15) is 6.26 Å². The van der Waals surface area contributed by atoms with Crippen LogP contribution < -0.4 is 4.90 Å². The van der Waals surface area contributed by atoms with Crippen molar-refractivity contribution in [2.45, 2.75) is 6.42 Å². The predicted molar refractivity (Wildman–Crippen MR) is 68.3 cm³/mol. The third kappa shape index (κ3) is 1.15. The lowest BCUT2D eigenvalue weighted by atomic mass is 9.96. The van der Waals surface area contributed by atoms with Crippen LogP contribution in [-0.2, 0) is 6.42 Å². The average Bonchev–Trinajstić information content (AvgIpc) is 2.86. The Balaban J connectivity index is 1.94. The topological polar surface area (TPSA) is 16.4 Å². The minimum atomic E-state index is 0.944. The second-order valence-corrected chi connectivity index (χ2v) is 4.35. The zero-order chi connectivity index (χ0) is 11.2. The molecule has 2 aliphatic heterocycles. The van der Waals surface area contributed by atoms with E-state index in [0.717, 1.165) is 12.1 Å². The van der Waals surface area contributed by atoms with Crippen molar-refractivity contribution in [3.63, 3.8) is 0 Å². The molecule has 4 rings (SSSR count). The minimum Gasteiger partial charge on any atom is -0.470 e. The summed E-state index contributed by atoms with van der Waals surface area (Å²) >= 11 is 0. The lowest BCUT2D eigenvalue weighted by Crippen LogP contribution is -2.21. The van der Waals surface area contributed by atoms with E-state index in [0.29, 0.717) is 0 Å². The third-order valence-corrected chi connectivity index (χ3v) is 3.39. The number of rotatable bonds is 0. The van der Waals surface area contributed by atoms with E-state index < -0.39 is 0 Å². The van der Waals surface area contributed by atoms with E-state index in [1.165, 1.54) is 22.4 Å². The van der Waals surface area contributed by atoms with E-state index in [1.54, 1.807) is 0 Å². The van der Waals surface area contributed by atoms with E-state index in [9.17, 15) is 0 Å². The molecule has 1 aromatic heterocycles. The molecule has 2 heteroatoms. The Kier molecular flexibility index (Phi) is 1.64. The quantitative estimate of drug-likeness (QED) is 0.675. The maximum atomic E-state index is 5.30. The first-order valence-electron chi connectivity index (χ1n) is 5.75. The number of hydrogen-bond donors (Lipinski definition) is 0. The van der Waals surface area contributed by atoms with Crippen LogP contribution in [0.1, 0.15) is 16.7 Å². The molecule has 3 heterocycles. The van der Waals surface area contributed by atoms with Crippen LogP contribution in [0.4, 0.5) is 5.69 Å². The molecule has 1 aromatic carbocycles. The highest BCUT2D eigenvalue weighted by Crippen LogP contribution is 2.39. The summed E-state index contributed by atoms with van der Waals surface area (Å²) in [5.41, 5.74) is 6.24. The fourth-order valence-electron chi connectivity index (χ4n) is 2.55. The van der Waals surface area contributed by atoms with Gasteiger partial charge in [-0.15, -0.1) is 0 Å². The summed E-state index contributed by atoms with van der Waals surface area (Å²) in [6.07, 6.45) is 11.1. The SMILES string of the molecule is C1=CN2C(=CCc3cocc32)c2ccccc21. The van der Waals surface area contributed by atoms with Crippen LogP contribution in [0.15, 0.2) is 53.5 Å². The van der Waals surface area contributed by atoms with Crippen LogP contribution in [0.25, 0.3) is 11.8 Å². The van der Waals surface area contributed by atoms with Gasteiger partial charge in [0.05, 0.1) is 12.0 Å². The molecule has 0 atom stereocenters. The van der Waals surface area contributed by atoms with Crippen molar-refractivity contribution >= 4 is 17.5 Å². The molecular formula is C15H11NO. The van der Waals surface area contributed by atoms with Gasteiger partial charge in [-0.3, -0.25) is 0 Å². The summed E-state index contributed by atoms with van der Waals surface area (Å²) in [5, 5.41) is 0. The number of benzene rings is 1. The smallest absolute Gasteiger partial charge is 0.115 e. The second kappa shape index (κ2) is 3.14. The number of fused-ring (bicyclic) bond motifs is 5. The molecule has 0 aliphatic carbocycles. The lowest BCUT2D eigenvalue weighted by molar-refractivity contribution is 0.565. The number of nitrogens with zero attached hydrogens (tertiary/aromatic N) is 1. The molecular weight excluding hydrogens is 210 g/mol. The van der Waals surface area contributed by atoms with E-state index in [1.807, 2.05) is 12.5 Å². The van der Waals surface area contributed by atoms with Crippen molar-refractivity contribution in [3.05, 3.63) is 65.8 Å². The highest BCUT2D eigenvalue weighted by atomic mass is 16.3. The Labute approximate surface area is 99.5 Å². The third-order valence-electron chi connectivity index (χ3n) is 3.39. The number of furan rings is 1. The van der Waals surface area contributed by atoms with Crippen molar-refractivity contribution in [1.29, 1.82) is 0 Å². The lowest BCUT2D eigenvalue weighted by Gasteiger charge is -2.31. The Morgan fingerprint density at radius 2 is 2.06 bits per heavy atom. The summed E-state index contributed by atoms with van der Waals surface area (Å²) in [6.45, 7) is 0. The van der Waals surface area contributed by atoms with Crippen molar-refractivity contribution in [1.82, 2.24) is 0 Å². The van der Waals surface area contributed by atoms with Crippen LogP contribution >= 0.6 is 0 Å². The monoisotopic (exact) mass is 221 g/mol. The Morgan fingerprint density at radius 3 is 3.06 bits per heavy atom. The fraction of sp³-hybridized carbons (Fsp3) is 0.0667.